The topological polar surface area (TPSA) is 106 Å². The second-order valence-electron chi connectivity index (χ2n) is 7.67. The molecule has 1 atom stereocenters. The van der Waals surface area contributed by atoms with E-state index in [1.807, 2.05) is 36.1 Å². The lowest BCUT2D eigenvalue weighted by Crippen LogP contribution is -2.41. The second-order valence-corrected chi connectivity index (χ2v) is 7.67. The third kappa shape index (κ3) is 4.55. The minimum absolute atomic E-state index is 0.0232. The van der Waals surface area contributed by atoms with Crippen molar-refractivity contribution in [1.82, 2.24) is 20.1 Å². The van der Waals surface area contributed by atoms with Gasteiger partial charge in [-0.15, -0.1) is 0 Å². The summed E-state index contributed by atoms with van der Waals surface area (Å²) < 4.78 is 1.68. The number of nitro groups is 1. The Hall–Kier alpha value is -3.75. The summed E-state index contributed by atoms with van der Waals surface area (Å²) in [5.74, 6) is -0.0778. The average Bonchev–Trinajstić information content (AvgIpc) is 3.34. The van der Waals surface area contributed by atoms with Crippen molar-refractivity contribution in [1.29, 1.82) is 0 Å². The van der Waals surface area contributed by atoms with E-state index in [4.69, 9.17) is 0 Å². The average molecular weight is 420 g/mol. The molecule has 0 saturated carbocycles. The van der Waals surface area contributed by atoms with E-state index >= 15 is 0 Å². The van der Waals surface area contributed by atoms with E-state index in [0.29, 0.717) is 31.6 Å². The molecular formula is C22H24N6O3. The van der Waals surface area contributed by atoms with Crippen molar-refractivity contribution in [2.24, 2.45) is 5.92 Å². The third-order valence-electron chi connectivity index (χ3n) is 5.72. The fourth-order valence-corrected chi connectivity index (χ4v) is 3.94. The highest BCUT2D eigenvalue weighted by atomic mass is 16.6. The Morgan fingerprint density at radius 1 is 1.16 bits per heavy atom. The molecule has 0 aliphatic carbocycles. The molecule has 9 nitrogen and oxygen atoms in total. The summed E-state index contributed by atoms with van der Waals surface area (Å²) in [6, 6.07) is 14.5. The first-order valence-corrected chi connectivity index (χ1v) is 10.3. The molecule has 2 heterocycles. The number of anilines is 1. The van der Waals surface area contributed by atoms with E-state index in [1.54, 1.807) is 29.2 Å². The zero-order valence-corrected chi connectivity index (χ0v) is 17.2. The molecule has 1 aliphatic rings. The minimum atomic E-state index is -0.357. The van der Waals surface area contributed by atoms with Crippen molar-refractivity contribution in [3.8, 4) is 5.69 Å². The molecule has 4 rings (SSSR count). The molecule has 2 aromatic carbocycles. The molecule has 1 N–H and O–H groups in total. The molecule has 160 valence electrons. The van der Waals surface area contributed by atoms with Crippen LogP contribution in [0.1, 0.15) is 31.4 Å². The predicted molar refractivity (Wildman–Crippen MR) is 116 cm³/mol. The van der Waals surface area contributed by atoms with Crippen molar-refractivity contribution in [3.05, 3.63) is 76.9 Å². The van der Waals surface area contributed by atoms with Gasteiger partial charge in [-0.05, 0) is 43.5 Å². The standard InChI is InChI=1S/C22H24N6O3/c1-16(17-6-8-19(9-7-17)27-15-23-14-24-27)25-22(29)18-10-12-26(13-11-18)20-4-2-3-5-21(20)28(30)31/h2-9,14-16,18H,10-13H2,1H3,(H,25,29)/t16-/m1/s1. The number of carbonyl (C=O) groups excluding carboxylic acids is 1. The lowest BCUT2D eigenvalue weighted by Gasteiger charge is -2.33. The van der Waals surface area contributed by atoms with Crippen LogP contribution in [0.5, 0.6) is 0 Å². The van der Waals surface area contributed by atoms with Gasteiger partial charge in [-0.3, -0.25) is 14.9 Å². The summed E-state index contributed by atoms with van der Waals surface area (Å²) >= 11 is 0. The number of nitrogens with zero attached hydrogens (tertiary/aromatic N) is 5. The molecular weight excluding hydrogens is 396 g/mol. The molecule has 0 radical (unpaired) electrons. The minimum Gasteiger partial charge on any atom is -0.366 e. The van der Waals surface area contributed by atoms with E-state index < -0.39 is 0 Å². The van der Waals surface area contributed by atoms with Gasteiger partial charge in [0.05, 0.1) is 16.7 Å². The van der Waals surface area contributed by atoms with Crippen molar-refractivity contribution >= 4 is 17.3 Å². The highest BCUT2D eigenvalue weighted by Gasteiger charge is 2.28. The van der Waals surface area contributed by atoms with Gasteiger partial charge in [0.1, 0.15) is 18.3 Å². The van der Waals surface area contributed by atoms with Crippen molar-refractivity contribution in [2.45, 2.75) is 25.8 Å². The number of nitrogens with one attached hydrogen (secondary N) is 1. The van der Waals surface area contributed by atoms with Crippen LogP contribution in [0.15, 0.2) is 61.2 Å². The third-order valence-corrected chi connectivity index (χ3v) is 5.72. The van der Waals surface area contributed by atoms with Crippen LogP contribution >= 0.6 is 0 Å². The molecule has 0 unspecified atom stereocenters. The van der Waals surface area contributed by atoms with Gasteiger partial charge in [0.15, 0.2) is 0 Å². The largest absolute Gasteiger partial charge is 0.366 e. The molecule has 1 aromatic heterocycles. The zero-order valence-electron chi connectivity index (χ0n) is 17.2. The lowest BCUT2D eigenvalue weighted by atomic mass is 9.94. The first-order chi connectivity index (χ1) is 15.0. The maximum Gasteiger partial charge on any atom is 0.292 e. The number of amides is 1. The van der Waals surface area contributed by atoms with Crippen LogP contribution in [0.4, 0.5) is 11.4 Å². The van der Waals surface area contributed by atoms with Crippen LogP contribution in [0, 0.1) is 16.0 Å². The molecule has 31 heavy (non-hydrogen) atoms. The zero-order chi connectivity index (χ0) is 21.8. The first-order valence-electron chi connectivity index (χ1n) is 10.3. The summed E-state index contributed by atoms with van der Waals surface area (Å²) in [4.78, 5) is 29.7. The maximum absolute atomic E-state index is 12.8. The van der Waals surface area contributed by atoms with E-state index in [2.05, 4.69) is 15.4 Å². The van der Waals surface area contributed by atoms with Gasteiger partial charge in [0.25, 0.3) is 5.69 Å². The van der Waals surface area contributed by atoms with E-state index in [0.717, 1.165) is 11.3 Å². The van der Waals surface area contributed by atoms with Gasteiger partial charge in [-0.1, -0.05) is 24.3 Å². The van der Waals surface area contributed by atoms with Gasteiger partial charge in [-0.2, -0.15) is 5.10 Å². The molecule has 1 aliphatic heterocycles. The van der Waals surface area contributed by atoms with Crippen LogP contribution in [-0.4, -0.2) is 38.7 Å². The fraction of sp³-hybridized carbons (Fsp3) is 0.318. The Kier molecular flexibility index (Phi) is 5.92. The number of hydrogen-bond donors (Lipinski definition) is 1. The van der Waals surface area contributed by atoms with Gasteiger partial charge < -0.3 is 10.2 Å². The molecule has 1 fully saturated rings. The lowest BCUT2D eigenvalue weighted by molar-refractivity contribution is -0.384. The number of aromatic nitrogens is 3. The first kappa shape index (κ1) is 20.5. The Balaban J connectivity index is 1.33. The summed E-state index contributed by atoms with van der Waals surface area (Å²) in [6.45, 7) is 3.19. The molecule has 3 aromatic rings. The van der Waals surface area contributed by atoms with E-state index in [-0.39, 0.29) is 28.5 Å². The fourth-order valence-electron chi connectivity index (χ4n) is 3.94. The molecule has 1 saturated heterocycles. The summed E-state index contributed by atoms with van der Waals surface area (Å²) in [6.07, 6.45) is 4.44. The summed E-state index contributed by atoms with van der Waals surface area (Å²) in [5, 5.41) is 18.5. The predicted octanol–water partition coefficient (Wildman–Crippen LogP) is 3.27. The van der Waals surface area contributed by atoms with Gasteiger partial charge in [-0.25, -0.2) is 9.67 Å². The summed E-state index contributed by atoms with van der Waals surface area (Å²) in [7, 11) is 0. The Morgan fingerprint density at radius 3 is 2.52 bits per heavy atom. The molecule has 9 heteroatoms. The number of rotatable bonds is 6. The second kappa shape index (κ2) is 8.95. The Labute approximate surface area is 179 Å². The Bertz CT molecular complexity index is 1040. The van der Waals surface area contributed by atoms with Crippen LogP contribution in [0.25, 0.3) is 5.69 Å². The van der Waals surface area contributed by atoms with Crippen molar-refractivity contribution < 1.29 is 9.72 Å². The summed E-state index contributed by atoms with van der Waals surface area (Å²) in [5.41, 5.74) is 2.64. The van der Waals surface area contributed by atoms with Crippen LogP contribution in [-0.2, 0) is 4.79 Å². The maximum atomic E-state index is 12.8. The molecule has 1 amide bonds. The van der Waals surface area contributed by atoms with Crippen LogP contribution in [0.3, 0.4) is 0 Å². The Morgan fingerprint density at radius 2 is 1.87 bits per heavy atom. The van der Waals surface area contributed by atoms with Gasteiger partial charge in [0.2, 0.25) is 5.91 Å². The van der Waals surface area contributed by atoms with Gasteiger partial charge >= 0.3 is 0 Å². The number of piperidine rings is 1. The monoisotopic (exact) mass is 420 g/mol. The highest BCUT2D eigenvalue weighted by molar-refractivity contribution is 5.79. The van der Waals surface area contributed by atoms with Crippen molar-refractivity contribution in [3.63, 3.8) is 0 Å². The smallest absolute Gasteiger partial charge is 0.292 e. The normalized spacial score (nSPS) is 15.5. The molecule has 0 spiro atoms. The number of benzene rings is 2. The number of para-hydroxylation sites is 2. The number of carbonyl (C=O) groups is 1. The number of hydrogen-bond acceptors (Lipinski definition) is 6. The van der Waals surface area contributed by atoms with E-state index in [9.17, 15) is 14.9 Å². The quantitative estimate of drug-likeness (QED) is 0.485. The number of nitro benzene ring substituents is 1. The van der Waals surface area contributed by atoms with E-state index in [1.165, 1.54) is 12.4 Å². The highest BCUT2D eigenvalue weighted by Crippen LogP contribution is 2.31. The van der Waals surface area contributed by atoms with Crippen molar-refractivity contribution in [2.75, 3.05) is 18.0 Å². The van der Waals surface area contributed by atoms with Crippen LogP contribution in [0.2, 0.25) is 0 Å². The van der Waals surface area contributed by atoms with Gasteiger partial charge in [0, 0.05) is 25.1 Å². The van der Waals surface area contributed by atoms with Crippen LogP contribution < -0.4 is 10.2 Å². The molecule has 0 bridgehead atoms. The SMILES string of the molecule is C[C@@H](NC(=O)C1CCN(c2ccccc2[N+](=O)[O-])CC1)c1ccc(-n2cncn2)cc1.